The van der Waals surface area contributed by atoms with Gasteiger partial charge in [-0.15, -0.1) is 0 Å². The fraction of sp³-hybridized carbons (Fsp3) is 0.435. The molecule has 0 saturated carbocycles. The first-order valence-corrected chi connectivity index (χ1v) is 9.95. The smallest absolute Gasteiger partial charge is 0.320 e. The second-order valence-corrected chi connectivity index (χ2v) is 7.20. The number of unbranched alkanes of at least 4 members (excludes halogenated alkanes) is 1. The van der Waals surface area contributed by atoms with E-state index in [0.717, 1.165) is 55.5 Å². The fourth-order valence-corrected chi connectivity index (χ4v) is 3.95. The van der Waals surface area contributed by atoms with Crippen molar-refractivity contribution in [1.82, 2.24) is 4.90 Å². The standard InChI is InChI=1S/C23H29NO3/c1-2-3-13-20(24-16-9-14-21(24)23(25)26)19-12-7-8-15-22(19)27-17-18-10-5-4-6-11-18/h4-8,10-12,15,20-21H,2-3,9,13-14,16-17H2,1H3,(H,25,26). The van der Waals surface area contributed by atoms with Gasteiger partial charge in [0.1, 0.15) is 18.4 Å². The van der Waals surface area contributed by atoms with Gasteiger partial charge in [0.25, 0.3) is 0 Å². The van der Waals surface area contributed by atoms with Crippen molar-refractivity contribution in [3.8, 4) is 5.75 Å². The van der Waals surface area contributed by atoms with Gasteiger partial charge in [0.2, 0.25) is 0 Å². The highest BCUT2D eigenvalue weighted by atomic mass is 16.5. The summed E-state index contributed by atoms with van der Waals surface area (Å²) >= 11 is 0. The number of carbonyl (C=O) groups is 1. The Labute approximate surface area is 161 Å². The van der Waals surface area contributed by atoms with Gasteiger partial charge in [-0.3, -0.25) is 9.69 Å². The van der Waals surface area contributed by atoms with Gasteiger partial charge in [-0.05, 0) is 37.4 Å². The third-order valence-corrected chi connectivity index (χ3v) is 5.33. The minimum absolute atomic E-state index is 0.0838. The van der Waals surface area contributed by atoms with E-state index in [2.05, 4.69) is 30.0 Å². The van der Waals surface area contributed by atoms with Crippen LogP contribution in [-0.4, -0.2) is 28.6 Å². The minimum atomic E-state index is -0.711. The molecule has 0 bridgehead atoms. The van der Waals surface area contributed by atoms with E-state index in [4.69, 9.17) is 4.74 Å². The number of nitrogens with zero attached hydrogens (tertiary/aromatic N) is 1. The third-order valence-electron chi connectivity index (χ3n) is 5.33. The highest BCUT2D eigenvalue weighted by Crippen LogP contribution is 2.37. The molecule has 0 aliphatic carbocycles. The monoisotopic (exact) mass is 367 g/mol. The fourth-order valence-electron chi connectivity index (χ4n) is 3.95. The summed E-state index contributed by atoms with van der Waals surface area (Å²) in [5.41, 5.74) is 2.23. The third kappa shape index (κ3) is 4.89. The Balaban J connectivity index is 1.84. The summed E-state index contributed by atoms with van der Waals surface area (Å²) in [6, 6.07) is 17.9. The predicted octanol–water partition coefficient (Wildman–Crippen LogP) is 5.05. The van der Waals surface area contributed by atoms with Gasteiger partial charge in [-0.2, -0.15) is 0 Å². The van der Waals surface area contributed by atoms with Gasteiger partial charge in [-0.1, -0.05) is 68.3 Å². The second kappa shape index (κ2) is 9.56. The van der Waals surface area contributed by atoms with Crippen LogP contribution < -0.4 is 4.74 Å². The first-order valence-electron chi connectivity index (χ1n) is 9.95. The van der Waals surface area contributed by atoms with Gasteiger partial charge in [0.05, 0.1) is 0 Å². The van der Waals surface area contributed by atoms with Gasteiger partial charge >= 0.3 is 5.97 Å². The average Bonchev–Trinajstić information content (AvgIpc) is 3.18. The normalized spacial score (nSPS) is 18.3. The quantitative estimate of drug-likeness (QED) is 0.674. The number of rotatable bonds is 9. The lowest BCUT2D eigenvalue weighted by atomic mass is 9.97. The molecule has 2 aromatic rings. The summed E-state index contributed by atoms with van der Waals surface area (Å²) in [5.74, 6) is 0.148. The highest BCUT2D eigenvalue weighted by Gasteiger charge is 2.36. The molecule has 1 heterocycles. The van der Waals surface area contributed by atoms with Crippen LogP contribution in [-0.2, 0) is 11.4 Å². The molecule has 0 amide bonds. The van der Waals surface area contributed by atoms with Crippen LogP contribution in [0.15, 0.2) is 54.6 Å². The molecular weight excluding hydrogens is 338 g/mol. The van der Waals surface area contributed by atoms with Gasteiger partial charge in [-0.25, -0.2) is 0 Å². The molecule has 3 rings (SSSR count). The van der Waals surface area contributed by atoms with Crippen molar-refractivity contribution in [3.05, 3.63) is 65.7 Å². The first-order chi connectivity index (χ1) is 13.2. The Kier molecular flexibility index (Phi) is 6.88. The van der Waals surface area contributed by atoms with Crippen LogP contribution in [0.1, 0.15) is 56.2 Å². The van der Waals surface area contributed by atoms with Crippen LogP contribution in [0.4, 0.5) is 0 Å². The Bertz CT molecular complexity index is 731. The van der Waals surface area contributed by atoms with Crippen LogP contribution in [0.3, 0.4) is 0 Å². The first kappa shape index (κ1) is 19.4. The molecule has 1 fully saturated rings. The molecule has 0 aromatic heterocycles. The zero-order chi connectivity index (χ0) is 19.1. The summed E-state index contributed by atoms with van der Waals surface area (Å²) in [7, 11) is 0. The molecule has 1 N–H and O–H groups in total. The lowest BCUT2D eigenvalue weighted by molar-refractivity contribution is -0.143. The topological polar surface area (TPSA) is 49.8 Å². The van der Waals surface area contributed by atoms with Crippen molar-refractivity contribution >= 4 is 5.97 Å². The molecule has 0 spiro atoms. The Hall–Kier alpha value is -2.33. The van der Waals surface area contributed by atoms with E-state index in [1.807, 2.05) is 36.4 Å². The number of para-hydroxylation sites is 1. The molecule has 1 aliphatic rings. The second-order valence-electron chi connectivity index (χ2n) is 7.20. The summed E-state index contributed by atoms with van der Waals surface area (Å²) in [6.45, 7) is 3.52. The van der Waals surface area contributed by atoms with E-state index in [9.17, 15) is 9.90 Å². The van der Waals surface area contributed by atoms with Crippen LogP contribution in [0.25, 0.3) is 0 Å². The number of carboxylic acid groups (broad SMARTS) is 1. The molecule has 1 saturated heterocycles. The minimum Gasteiger partial charge on any atom is -0.489 e. The van der Waals surface area contributed by atoms with Crippen molar-refractivity contribution in [3.63, 3.8) is 0 Å². The number of hydrogen-bond acceptors (Lipinski definition) is 3. The van der Waals surface area contributed by atoms with E-state index in [-0.39, 0.29) is 6.04 Å². The van der Waals surface area contributed by atoms with Crippen LogP contribution in [0, 0.1) is 0 Å². The van der Waals surface area contributed by atoms with Crippen LogP contribution in [0.2, 0.25) is 0 Å². The zero-order valence-corrected chi connectivity index (χ0v) is 16.0. The van der Waals surface area contributed by atoms with Crippen molar-refractivity contribution in [1.29, 1.82) is 0 Å². The van der Waals surface area contributed by atoms with Gasteiger partial charge in [0, 0.05) is 11.6 Å². The number of hydrogen-bond donors (Lipinski definition) is 1. The summed E-state index contributed by atoms with van der Waals surface area (Å²) in [5, 5.41) is 9.65. The molecule has 4 nitrogen and oxygen atoms in total. The molecule has 1 aliphatic heterocycles. The van der Waals surface area contributed by atoms with E-state index in [1.54, 1.807) is 0 Å². The molecule has 4 heteroatoms. The van der Waals surface area contributed by atoms with E-state index >= 15 is 0 Å². The number of aliphatic carboxylic acids is 1. The van der Waals surface area contributed by atoms with Crippen molar-refractivity contribution < 1.29 is 14.6 Å². The van der Waals surface area contributed by atoms with Crippen molar-refractivity contribution in [2.24, 2.45) is 0 Å². The SMILES string of the molecule is CCCCC(c1ccccc1OCc1ccccc1)N1CCCC1C(=O)O. The van der Waals surface area contributed by atoms with Crippen LogP contribution in [0.5, 0.6) is 5.75 Å². The molecule has 2 atom stereocenters. The maximum atomic E-state index is 11.7. The lowest BCUT2D eigenvalue weighted by Gasteiger charge is -2.32. The highest BCUT2D eigenvalue weighted by molar-refractivity contribution is 5.74. The largest absolute Gasteiger partial charge is 0.489 e. The Morgan fingerprint density at radius 2 is 1.93 bits per heavy atom. The molecule has 144 valence electrons. The molecule has 0 radical (unpaired) electrons. The number of carboxylic acids is 1. The maximum Gasteiger partial charge on any atom is 0.320 e. The molecule has 27 heavy (non-hydrogen) atoms. The number of benzene rings is 2. The van der Waals surface area contributed by atoms with Crippen LogP contribution >= 0.6 is 0 Å². The predicted molar refractivity (Wildman–Crippen MR) is 107 cm³/mol. The van der Waals surface area contributed by atoms with Crippen molar-refractivity contribution in [2.45, 2.75) is 57.7 Å². The van der Waals surface area contributed by atoms with E-state index in [0.29, 0.717) is 6.61 Å². The summed E-state index contributed by atoms with van der Waals surface area (Å²) in [6.07, 6.45) is 4.78. The molecular formula is C23H29NO3. The summed E-state index contributed by atoms with van der Waals surface area (Å²) < 4.78 is 6.17. The van der Waals surface area contributed by atoms with E-state index < -0.39 is 12.0 Å². The van der Waals surface area contributed by atoms with E-state index in [1.165, 1.54) is 0 Å². The summed E-state index contributed by atoms with van der Waals surface area (Å²) in [4.78, 5) is 13.9. The molecule has 2 unspecified atom stereocenters. The Morgan fingerprint density at radius 3 is 2.67 bits per heavy atom. The molecule has 2 aromatic carbocycles. The van der Waals surface area contributed by atoms with Gasteiger partial charge < -0.3 is 9.84 Å². The zero-order valence-electron chi connectivity index (χ0n) is 16.0. The Morgan fingerprint density at radius 1 is 1.19 bits per heavy atom. The number of ether oxygens (including phenoxy) is 1. The van der Waals surface area contributed by atoms with Gasteiger partial charge in [0.15, 0.2) is 0 Å². The average molecular weight is 367 g/mol. The van der Waals surface area contributed by atoms with Crippen molar-refractivity contribution in [2.75, 3.05) is 6.54 Å². The maximum absolute atomic E-state index is 11.7. The lowest BCUT2D eigenvalue weighted by Crippen LogP contribution is -2.39. The number of likely N-dealkylation sites (tertiary alicyclic amines) is 1.